The van der Waals surface area contributed by atoms with E-state index in [2.05, 4.69) is 33.6 Å². The second-order valence-corrected chi connectivity index (χ2v) is 3.53. The van der Waals surface area contributed by atoms with Gasteiger partial charge in [-0.1, -0.05) is 6.92 Å². The summed E-state index contributed by atoms with van der Waals surface area (Å²) in [6.07, 6.45) is 4.60. The minimum absolute atomic E-state index is 0.887. The van der Waals surface area contributed by atoms with Crippen LogP contribution in [0.5, 0.6) is 0 Å². The maximum Gasteiger partial charge on any atom is 0.132 e. The molecule has 0 radical (unpaired) electrons. The van der Waals surface area contributed by atoms with E-state index < -0.39 is 0 Å². The van der Waals surface area contributed by atoms with E-state index in [0.717, 1.165) is 44.0 Å². The molecular formula is C12H15N3. The first-order chi connectivity index (χ1) is 7.40. The van der Waals surface area contributed by atoms with Crippen LogP contribution in [0.15, 0.2) is 12.3 Å². The van der Waals surface area contributed by atoms with Crippen molar-refractivity contribution in [2.75, 3.05) is 18.0 Å². The topological polar surface area (TPSA) is 29.0 Å². The second-order valence-electron chi connectivity index (χ2n) is 3.53. The van der Waals surface area contributed by atoms with Crippen molar-refractivity contribution in [1.29, 1.82) is 0 Å². The zero-order valence-electron chi connectivity index (χ0n) is 9.03. The van der Waals surface area contributed by atoms with E-state index in [0.29, 0.717) is 0 Å². The molecule has 1 aliphatic rings. The number of hydrogen-bond donors (Lipinski definition) is 0. The molecule has 2 heterocycles. The Kier molecular flexibility index (Phi) is 3.18. The van der Waals surface area contributed by atoms with Crippen LogP contribution in [0.3, 0.4) is 0 Å². The molecular weight excluding hydrogens is 186 g/mol. The Morgan fingerprint density at radius 3 is 2.73 bits per heavy atom. The Morgan fingerprint density at radius 1 is 1.33 bits per heavy atom. The lowest BCUT2D eigenvalue weighted by atomic mass is 10.3. The first kappa shape index (κ1) is 9.97. The first-order valence-corrected chi connectivity index (χ1v) is 5.42. The van der Waals surface area contributed by atoms with Gasteiger partial charge < -0.3 is 4.90 Å². The Hall–Kier alpha value is -1.56. The number of hydrogen-bond acceptors (Lipinski definition) is 3. The lowest BCUT2D eigenvalue weighted by Crippen LogP contribution is -2.25. The van der Waals surface area contributed by atoms with Crippen molar-refractivity contribution in [3.8, 4) is 11.8 Å². The fourth-order valence-corrected chi connectivity index (χ4v) is 1.63. The highest BCUT2D eigenvalue weighted by molar-refractivity contribution is 5.38. The quantitative estimate of drug-likeness (QED) is 0.681. The largest absolute Gasteiger partial charge is 0.355 e. The summed E-state index contributed by atoms with van der Waals surface area (Å²) in [7, 11) is 0. The Morgan fingerprint density at radius 2 is 2.07 bits per heavy atom. The molecule has 0 fully saturated rings. The van der Waals surface area contributed by atoms with Gasteiger partial charge in [-0.3, -0.25) is 0 Å². The van der Waals surface area contributed by atoms with Gasteiger partial charge in [0.15, 0.2) is 0 Å². The van der Waals surface area contributed by atoms with Gasteiger partial charge in [-0.15, -0.1) is 11.8 Å². The van der Waals surface area contributed by atoms with E-state index in [9.17, 15) is 0 Å². The molecule has 0 N–H and O–H groups in total. The molecule has 0 saturated heterocycles. The van der Waals surface area contributed by atoms with E-state index in [1.807, 2.05) is 12.3 Å². The number of rotatable bonds is 2. The van der Waals surface area contributed by atoms with Gasteiger partial charge >= 0.3 is 0 Å². The van der Waals surface area contributed by atoms with E-state index >= 15 is 0 Å². The fourth-order valence-electron chi connectivity index (χ4n) is 1.63. The molecule has 15 heavy (non-hydrogen) atoms. The third kappa shape index (κ3) is 2.47. The Labute approximate surface area is 90.5 Å². The molecule has 78 valence electrons. The molecule has 0 bridgehead atoms. The standard InChI is InChI=1S/C12H15N3/c1-2-11-13-8-7-12(14-11)15-9-5-3-4-6-10-15/h7-8H,2,5-6,9-10H2,1H3. The van der Waals surface area contributed by atoms with Crippen LogP contribution < -0.4 is 4.90 Å². The van der Waals surface area contributed by atoms with Crippen molar-refractivity contribution < 1.29 is 0 Å². The highest BCUT2D eigenvalue weighted by Crippen LogP contribution is 2.12. The SMILES string of the molecule is CCc1nccc(N2CCC#CCC2)n1. The van der Waals surface area contributed by atoms with Crippen molar-refractivity contribution in [3.63, 3.8) is 0 Å². The van der Waals surface area contributed by atoms with E-state index in [4.69, 9.17) is 0 Å². The summed E-state index contributed by atoms with van der Waals surface area (Å²) < 4.78 is 0. The summed E-state index contributed by atoms with van der Waals surface area (Å²) in [5.74, 6) is 8.23. The molecule has 0 aliphatic carbocycles. The van der Waals surface area contributed by atoms with Gasteiger partial charge in [0.05, 0.1) is 0 Å². The third-order valence-electron chi connectivity index (χ3n) is 2.47. The summed E-state index contributed by atoms with van der Waals surface area (Å²) in [6, 6.07) is 1.98. The molecule has 0 amide bonds. The van der Waals surface area contributed by atoms with Crippen LogP contribution in [-0.4, -0.2) is 23.1 Å². The van der Waals surface area contributed by atoms with Crippen LogP contribution in [0, 0.1) is 11.8 Å². The first-order valence-electron chi connectivity index (χ1n) is 5.42. The van der Waals surface area contributed by atoms with E-state index in [1.54, 1.807) is 0 Å². The number of nitrogens with zero attached hydrogens (tertiary/aromatic N) is 3. The molecule has 0 saturated carbocycles. The smallest absolute Gasteiger partial charge is 0.132 e. The van der Waals surface area contributed by atoms with Crippen LogP contribution in [-0.2, 0) is 6.42 Å². The third-order valence-corrected chi connectivity index (χ3v) is 2.47. The normalized spacial score (nSPS) is 15.4. The van der Waals surface area contributed by atoms with Crippen LogP contribution in [0.2, 0.25) is 0 Å². The lowest BCUT2D eigenvalue weighted by molar-refractivity contribution is 0.786. The highest BCUT2D eigenvalue weighted by Gasteiger charge is 2.08. The summed E-state index contributed by atoms with van der Waals surface area (Å²) in [6.45, 7) is 4.03. The maximum atomic E-state index is 4.52. The molecule has 1 aliphatic heterocycles. The Bertz CT molecular complexity index is 377. The van der Waals surface area contributed by atoms with Crippen molar-refractivity contribution >= 4 is 5.82 Å². The number of aromatic nitrogens is 2. The Balaban J connectivity index is 2.14. The molecule has 0 unspecified atom stereocenters. The summed E-state index contributed by atoms with van der Waals surface area (Å²) in [5, 5.41) is 0. The zero-order chi connectivity index (χ0) is 10.5. The van der Waals surface area contributed by atoms with Gasteiger partial charge in [0.2, 0.25) is 0 Å². The average molecular weight is 201 g/mol. The summed E-state index contributed by atoms with van der Waals surface area (Å²) >= 11 is 0. The highest BCUT2D eigenvalue weighted by atomic mass is 15.2. The van der Waals surface area contributed by atoms with Gasteiger partial charge in [-0.05, 0) is 6.07 Å². The average Bonchev–Trinajstić information content (AvgIpc) is 2.58. The van der Waals surface area contributed by atoms with Gasteiger partial charge in [0.1, 0.15) is 11.6 Å². The molecule has 0 spiro atoms. The van der Waals surface area contributed by atoms with E-state index in [1.165, 1.54) is 0 Å². The summed E-state index contributed by atoms with van der Waals surface area (Å²) in [5.41, 5.74) is 0. The van der Waals surface area contributed by atoms with Crippen LogP contribution >= 0.6 is 0 Å². The van der Waals surface area contributed by atoms with Crippen molar-refractivity contribution in [2.24, 2.45) is 0 Å². The van der Waals surface area contributed by atoms with Crippen LogP contribution in [0.4, 0.5) is 5.82 Å². The predicted octanol–water partition coefficient (Wildman–Crippen LogP) is 1.64. The fraction of sp³-hybridized carbons (Fsp3) is 0.500. The molecule has 1 aromatic rings. The monoisotopic (exact) mass is 201 g/mol. The zero-order valence-corrected chi connectivity index (χ0v) is 9.03. The minimum atomic E-state index is 0.887. The van der Waals surface area contributed by atoms with Crippen molar-refractivity contribution in [2.45, 2.75) is 26.2 Å². The minimum Gasteiger partial charge on any atom is -0.355 e. The molecule has 0 atom stereocenters. The van der Waals surface area contributed by atoms with Crippen LogP contribution in [0.25, 0.3) is 0 Å². The molecule has 3 heteroatoms. The lowest BCUT2D eigenvalue weighted by Gasteiger charge is -2.20. The number of aryl methyl sites for hydroxylation is 1. The van der Waals surface area contributed by atoms with Gasteiger partial charge in [0.25, 0.3) is 0 Å². The maximum absolute atomic E-state index is 4.52. The predicted molar refractivity (Wildman–Crippen MR) is 60.6 cm³/mol. The number of anilines is 1. The van der Waals surface area contributed by atoms with Crippen LogP contribution in [0.1, 0.15) is 25.6 Å². The van der Waals surface area contributed by atoms with Crippen molar-refractivity contribution in [3.05, 3.63) is 18.1 Å². The molecule has 3 nitrogen and oxygen atoms in total. The molecule has 2 rings (SSSR count). The van der Waals surface area contributed by atoms with Gasteiger partial charge in [0, 0.05) is 38.5 Å². The van der Waals surface area contributed by atoms with E-state index in [-0.39, 0.29) is 0 Å². The summed E-state index contributed by atoms with van der Waals surface area (Å²) in [4.78, 5) is 11.0. The molecule has 1 aromatic heterocycles. The second kappa shape index (κ2) is 4.79. The van der Waals surface area contributed by atoms with Crippen molar-refractivity contribution in [1.82, 2.24) is 9.97 Å². The van der Waals surface area contributed by atoms with Gasteiger partial charge in [-0.25, -0.2) is 9.97 Å². The van der Waals surface area contributed by atoms with Gasteiger partial charge in [-0.2, -0.15) is 0 Å². The molecule has 0 aromatic carbocycles.